The van der Waals surface area contributed by atoms with Crippen LogP contribution in [0.3, 0.4) is 0 Å². The predicted molar refractivity (Wildman–Crippen MR) is 46.5 cm³/mol. The van der Waals surface area contributed by atoms with Gasteiger partial charge in [0.15, 0.2) is 0 Å². The minimum absolute atomic E-state index is 0.771. The van der Waals surface area contributed by atoms with Crippen molar-refractivity contribution in [3.8, 4) is 0 Å². The molecule has 1 aromatic rings. The van der Waals surface area contributed by atoms with Crippen LogP contribution in [0, 0.1) is 0 Å². The molecule has 0 saturated heterocycles. The Morgan fingerprint density at radius 2 is 2.40 bits per heavy atom. The molecule has 1 heterocycles. The van der Waals surface area contributed by atoms with E-state index in [1.807, 2.05) is 11.3 Å². The summed E-state index contributed by atoms with van der Waals surface area (Å²) in [5.74, 6) is 0. The first-order valence-electron chi connectivity index (χ1n) is 3.63. The lowest BCUT2D eigenvalue weighted by Gasteiger charge is -1.96. The second-order valence-corrected chi connectivity index (χ2v) is 3.26. The van der Waals surface area contributed by atoms with Gasteiger partial charge < -0.3 is 5.73 Å². The van der Waals surface area contributed by atoms with Gasteiger partial charge in [-0.2, -0.15) is 0 Å². The molecule has 0 aliphatic heterocycles. The molecule has 0 unspecified atom stereocenters. The third-order valence-corrected chi connectivity index (χ3v) is 2.61. The van der Waals surface area contributed by atoms with Crippen LogP contribution in [0.15, 0.2) is 11.4 Å². The molecule has 1 nitrogen and oxygen atoms in total. The van der Waals surface area contributed by atoms with Crippen LogP contribution in [0.5, 0.6) is 0 Å². The van der Waals surface area contributed by atoms with Crippen LogP contribution < -0.4 is 5.73 Å². The maximum Gasteiger partial charge on any atom is 0.00896 e. The Morgan fingerprint density at radius 3 is 3.00 bits per heavy atom. The van der Waals surface area contributed by atoms with E-state index in [9.17, 15) is 0 Å². The van der Waals surface area contributed by atoms with Crippen molar-refractivity contribution in [1.29, 1.82) is 0 Å². The molecule has 0 aliphatic rings. The van der Waals surface area contributed by atoms with E-state index >= 15 is 0 Å². The van der Waals surface area contributed by atoms with E-state index < -0.39 is 0 Å². The second-order valence-electron chi connectivity index (χ2n) is 2.26. The summed E-state index contributed by atoms with van der Waals surface area (Å²) in [6, 6.07) is 2.19. The summed E-state index contributed by atoms with van der Waals surface area (Å²) in [5.41, 5.74) is 6.92. The van der Waals surface area contributed by atoms with Crippen molar-refractivity contribution >= 4 is 11.3 Å². The SMILES string of the molecule is CCc1ccsc1CCN. The van der Waals surface area contributed by atoms with E-state index in [2.05, 4.69) is 18.4 Å². The van der Waals surface area contributed by atoms with E-state index in [-0.39, 0.29) is 0 Å². The molecule has 0 radical (unpaired) electrons. The summed E-state index contributed by atoms with van der Waals surface area (Å²) < 4.78 is 0. The summed E-state index contributed by atoms with van der Waals surface area (Å²) in [4.78, 5) is 1.46. The molecular formula is C8H13NS. The molecule has 56 valence electrons. The third kappa shape index (κ3) is 1.58. The van der Waals surface area contributed by atoms with E-state index in [4.69, 9.17) is 5.73 Å². The molecule has 1 aromatic heterocycles. The number of hydrogen-bond acceptors (Lipinski definition) is 2. The van der Waals surface area contributed by atoms with Crippen molar-refractivity contribution in [2.75, 3.05) is 6.54 Å². The number of hydrogen-bond donors (Lipinski definition) is 1. The predicted octanol–water partition coefficient (Wildman–Crippen LogP) is 1.81. The van der Waals surface area contributed by atoms with Gasteiger partial charge in [-0.3, -0.25) is 0 Å². The van der Waals surface area contributed by atoms with Gasteiger partial charge in [-0.25, -0.2) is 0 Å². The van der Waals surface area contributed by atoms with Gasteiger partial charge in [0.2, 0.25) is 0 Å². The highest BCUT2D eigenvalue weighted by Crippen LogP contribution is 2.16. The highest BCUT2D eigenvalue weighted by molar-refractivity contribution is 7.10. The Morgan fingerprint density at radius 1 is 1.60 bits per heavy atom. The summed E-state index contributed by atoms with van der Waals surface area (Å²) in [5, 5.41) is 2.14. The van der Waals surface area contributed by atoms with Crippen molar-refractivity contribution in [3.63, 3.8) is 0 Å². The zero-order valence-corrected chi connectivity index (χ0v) is 7.08. The molecule has 0 amide bonds. The monoisotopic (exact) mass is 155 g/mol. The van der Waals surface area contributed by atoms with Crippen molar-refractivity contribution in [2.45, 2.75) is 19.8 Å². The zero-order chi connectivity index (χ0) is 7.40. The highest BCUT2D eigenvalue weighted by atomic mass is 32.1. The van der Waals surface area contributed by atoms with Gasteiger partial charge in [0.05, 0.1) is 0 Å². The first-order valence-corrected chi connectivity index (χ1v) is 4.51. The Bertz CT molecular complexity index is 193. The van der Waals surface area contributed by atoms with Crippen LogP contribution in [0.4, 0.5) is 0 Å². The fourth-order valence-electron chi connectivity index (χ4n) is 1.03. The molecule has 1 rings (SSSR count). The lowest BCUT2D eigenvalue weighted by Crippen LogP contribution is -2.02. The maximum absolute atomic E-state index is 5.45. The fourth-order valence-corrected chi connectivity index (χ4v) is 2.03. The van der Waals surface area contributed by atoms with Crippen LogP contribution in [0.2, 0.25) is 0 Å². The van der Waals surface area contributed by atoms with Crippen molar-refractivity contribution in [1.82, 2.24) is 0 Å². The van der Waals surface area contributed by atoms with E-state index in [0.717, 1.165) is 19.4 Å². The Balaban J connectivity index is 2.70. The smallest absolute Gasteiger partial charge is 0.00896 e. The fraction of sp³-hybridized carbons (Fsp3) is 0.500. The number of aryl methyl sites for hydroxylation is 1. The number of thiophene rings is 1. The summed E-state index contributed by atoms with van der Waals surface area (Å²) in [6.07, 6.45) is 2.18. The standard InChI is InChI=1S/C8H13NS/c1-2-7-4-6-10-8(7)3-5-9/h4,6H,2-3,5,9H2,1H3. The minimum Gasteiger partial charge on any atom is -0.330 e. The quantitative estimate of drug-likeness (QED) is 0.708. The van der Waals surface area contributed by atoms with Gasteiger partial charge in [0.1, 0.15) is 0 Å². The molecule has 10 heavy (non-hydrogen) atoms. The Kier molecular flexibility index (Phi) is 2.90. The summed E-state index contributed by atoms with van der Waals surface area (Å²) in [6.45, 7) is 2.95. The molecule has 0 atom stereocenters. The molecule has 0 aliphatic carbocycles. The molecule has 0 spiro atoms. The summed E-state index contributed by atoms with van der Waals surface area (Å²) >= 11 is 1.82. The van der Waals surface area contributed by atoms with Crippen molar-refractivity contribution < 1.29 is 0 Å². The van der Waals surface area contributed by atoms with Gasteiger partial charge in [0.25, 0.3) is 0 Å². The lowest BCUT2D eigenvalue weighted by atomic mass is 10.2. The number of rotatable bonds is 3. The molecule has 0 saturated carbocycles. The lowest BCUT2D eigenvalue weighted by molar-refractivity contribution is 0.964. The second kappa shape index (κ2) is 3.74. The summed E-state index contributed by atoms with van der Waals surface area (Å²) in [7, 11) is 0. The molecule has 2 N–H and O–H groups in total. The first-order chi connectivity index (χ1) is 4.88. The molecule has 0 fully saturated rings. The molecule has 0 aromatic carbocycles. The minimum atomic E-state index is 0.771. The van der Waals surface area contributed by atoms with Crippen LogP contribution in [-0.4, -0.2) is 6.54 Å². The average molecular weight is 155 g/mol. The van der Waals surface area contributed by atoms with E-state index in [0.29, 0.717) is 0 Å². The van der Waals surface area contributed by atoms with Crippen LogP contribution in [0.1, 0.15) is 17.4 Å². The zero-order valence-electron chi connectivity index (χ0n) is 6.26. The third-order valence-electron chi connectivity index (χ3n) is 1.59. The topological polar surface area (TPSA) is 26.0 Å². The van der Waals surface area contributed by atoms with Crippen LogP contribution in [0.25, 0.3) is 0 Å². The van der Waals surface area contributed by atoms with Gasteiger partial charge in [-0.05, 0) is 36.4 Å². The molecule has 0 bridgehead atoms. The van der Waals surface area contributed by atoms with E-state index in [1.165, 1.54) is 10.4 Å². The normalized spacial score (nSPS) is 10.2. The van der Waals surface area contributed by atoms with E-state index in [1.54, 1.807) is 0 Å². The van der Waals surface area contributed by atoms with Crippen LogP contribution >= 0.6 is 11.3 Å². The Labute approximate surface area is 65.9 Å². The first kappa shape index (κ1) is 7.76. The molecule has 2 heteroatoms. The molecular weight excluding hydrogens is 142 g/mol. The highest BCUT2D eigenvalue weighted by Gasteiger charge is 1.99. The van der Waals surface area contributed by atoms with Gasteiger partial charge in [-0.15, -0.1) is 11.3 Å². The average Bonchev–Trinajstić information content (AvgIpc) is 2.36. The number of nitrogens with two attached hydrogens (primary N) is 1. The van der Waals surface area contributed by atoms with Crippen molar-refractivity contribution in [2.24, 2.45) is 5.73 Å². The van der Waals surface area contributed by atoms with Crippen molar-refractivity contribution in [3.05, 3.63) is 21.9 Å². The van der Waals surface area contributed by atoms with Crippen LogP contribution in [-0.2, 0) is 12.8 Å². The Hall–Kier alpha value is -0.340. The van der Waals surface area contributed by atoms with Gasteiger partial charge in [0, 0.05) is 4.88 Å². The van der Waals surface area contributed by atoms with Gasteiger partial charge in [-0.1, -0.05) is 6.92 Å². The maximum atomic E-state index is 5.45. The largest absolute Gasteiger partial charge is 0.330 e. The van der Waals surface area contributed by atoms with Gasteiger partial charge >= 0.3 is 0 Å².